The number of allylic oxidation sites excluding steroid dienone is 1. The summed E-state index contributed by atoms with van der Waals surface area (Å²) in [6, 6.07) is 59.8. The summed E-state index contributed by atoms with van der Waals surface area (Å²) in [7, 11) is -1.08. The summed E-state index contributed by atoms with van der Waals surface area (Å²) < 4.78 is 0. The Labute approximate surface area is 270 Å². The van der Waals surface area contributed by atoms with Crippen molar-refractivity contribution >= 4 is 30.4 Å². The average molecular weight is 600 g/mol. The van der Waals surface area contributed by atoms with Gasteiger partial charge in [0.1, 0.15) is 0 Å². The fourth-order valence-electron chi connectivity index (χ4n) is 6.45. The lowest BCUT2D eigenvalue weighted by Gasteiger charge is -2.24. The highest BCUT2D eigenvalue weighted by atomic mass is 31.2. The van der Waals surface area contributed by atoms with Gasteiger partial charge in [0, 0.05) is 27.3 Å². The first kappa shape index (κ1) is 30.6. The molecule has 0 aliphatic carbocycles. The van der Waals surface area contributed by atoms with Crippen molar-refractivity contribution in [1.82, 2.24) is 0 Å². The molecule has 6 rings (SSSR count). The highest BCUT2D eigenvalue weighted by molar-refractivity contribution is 7.73. The van der Waals surface area contributed by atoms with Crippen LogP contribution in [0.5, 0.6) is 0 Å². The van der Waals surface area contributed by atoms with Crippen molar-refractivity contribution < 1.29 is 0 Å². The van der Waals surface area contributed by atoms with Crippen LogP contribution >= 0.6 is 7.26 Å². The first-order valence-corrected chi connectivity index (χ1v) is 19.1. The molecule has 0 unspecified atom stereocenters. The number of hydrogen-bond donors (Lipinski definition) is 0. The van der Waals surface area contributed by atoms with Gasteiger partial charge in [-0.2, -0.15) is 0 Å². The molecule has 0 atom stereocenters. The van der Waals surface area contributed by atoms with Gasteiger partial charge in [-0.3, -0.25) is 0 Å². The van der Waals surface area contributed by atoms with Gasteiger partial charge in [-0.05, 0) is 51.4 Å². The molecule has 0 aromatic heterocycles. The maximum absolute atomic E-state index is 2.45. The molecule has 0 amide bonds. The van der Waals surface area contributed by atoms with E-state index < -0.39 is 7.26 Å². The molecule has 0 aliphatic rings. The second kappa shape index (κ2) is 13.7. The summed E-state index contributed by atoms with van der Waals surface area (Å²) in [6.45, 7) is 9.82. The lowest BCUT2D eigenvalue weighted by atomic mass is 9.34. The molecule has 0 bridgehead atoms. The molecule has 0 N–H and O–H groups in total. The van der Waals surface area contributed by atoms with Gasteiger partial charge in [0.2, 0.25) is 6.71 Å². The predicted molar refractivity (Wildman–Crippen MR) is 203 cm³/mol. The Kier molecular flexibility index (Phi) is 9.30. The normalized spacial score (nSPS) is 12.0. The summed E-state index contributed by atoms with van der Waals surface area (Å²) in [5.41, 5.74) is 14.3. The monoisotopic (exact) mass is 599 g/mol. The van der Waals surface area contributed by atoms with E-state index in [2.05, 4.69) is 191 Å². The van der Waals surface area contributed by atoms with Crippen LogP contribution in [0.3, 0.4) is 0 Å². The lowest BCUT2D eigenvalue weighted by Crippen LogP contribution is -2.44. The lowest BCUT2D eigenvalue weighted by molar-refractivity contribution is 1.39. The van der Waals surface area contributed by atoms with Crippen molar-refractivity contribution in [1.29, 1.82) is 0 Å². The summed E-state index contributed by atoms with van der Waals surface area (Å²) in [5, 5.41) is 0. The first-order chi connectivity index (χ1) is 21.9. The Morgan fingerprint density at radius 3 is 1.07 bits per heavy atom. The molecule has 0 saturated heterocycles. The fraction of sp³-hybridized carbons (Fsp3) is 0.116. The van der Waals surface area contributed by atoms with Gasteiger partial charge in [-0.1, -0.05) is 180 Å². The van der Waals surface area contributed by atoms with Crippen LogP contribution < -0.4 is 10.9 Å². The number of hydrogen-bond acceptors (Lipinski definition) is 0. The van der Waals surface area contributed by atoms with Crippen LogP contribution in [-0.2, 0) is 0 Å². The van der Waals surface area contributed by atoms with Crippen molar-refractivity contribution in [3.63, 3.8) is 0 Å². The largest absolute Gasteiger partial charge is 0.242 e. The molecule has 220 valence electrons. The molecular formula is C43H41BP+. The maximum atomic E-state index is 2.45. The van der Waals surface area contributed by atoms with Gasteiger partial charge in [0.15, 0.2) is 0 Å². The minimum atomic E-state index is -1.08. The zero-order valence-electron chi connectivity index (χ0n) is 26.8. The minimum absolute atomic E-state index is 0.105. The van der Waals surface area contributed by atoms with Gasteiger partial charge < -0.3 is 0 Å². The molecule has 6 aromatic rings. The number of rotatable bonds is 9. The van der Waals surface area contributed by atoms with E-state index in [1.54, 1.807) is 0 Å². The van der Waals surface area contributed by atoms with Crippen molar-refractivity contribution in [2.75, 3.05) is 26.2 Å². The van der Waals surface area contributed by atoms with Crippen molar-refractivity contribution in [3.8, 4) is 33.4 Å². The third kappa shape index (κ3) is 7.45. The van der Waals surface area contributed by atoms with Crippen LogP contribution in [0.1, 0.15) is 12.5 Å². The van der Waals surface area contributed by atoms with Crippen LogP contribution in [0.2, 0.25) is 0 Å². The van der Waals surface area contributed by atoms with Crippen LogP contribution in [0.25, 0.3) is 38.9 Å². The third-order valence-electron chi connectivity index (χ3n) is 8.47. The van der Waals surface area contributed by atoms with E-state index in [9.17, 15) is 0 Å². The molecule has 0 radical (unpaired) electrons. The third-order valence-corrected chi connectivity index (χ3v) is 9.89. The Morgan fingerprint density at radius 2 is 0.733 bits per heavy atom. The molecule has 0 saturated carbocycles. The van der Waals surface area contributed by atoms with Crippen LogP contribution in [-0.4, -0.2) is 32.9 Å². The zero-order valence-corrected chi connectivity index (χ0v) is 27.7. The Balaban J connectivity index is 1.50. The van der Waals surface area contributed by atoms with E-state index in [-0.39, 0.29) is 6.71 Å². The quantitative estimate of drug-likeness (QED) is 0.115. The molecule has 6 aromatic carbocycles. The van der Waals surface area contributed by atoms with E-state index >= 15 is 0 Å². The summed E-state index contributed by atoms with van der Waals surface area (Å²) in [6.07, 6.45) is 1.13. The van der Waals surface area contributed by atoms with Gasteiger partial charge in [-0.25, -0.2) is 0 Å². The van der Waals surface area contributed by atoms with Gasteiger partial charge in [0.05, 0.1) is 6.16 Å². The zero-order chi connectivity index (χ0) is 31.2. The Hall–Kier alpha value is -4.45. The Morgan fingerprint density at radius 1 is 0.422 bits per heavy atom. The molecule has 0 heterocycles. The Bertz CT molecular complexity index is 1770. The average Bonchev–Trinajstić information content (AvgIpc) is 3.08. The summed E-state index contributed by atoms with van der Waals surface area (Å²) in [4.78, 5) is 0. The SMILES string of the molecule is C/C(C[P+](C)(C)C)=C(/B(c1ccc(-c2ccccc2)cc1)c1ccc(-c2ccccc2)cc1)c1ccc(-c2ccccc2)cc1. The molecule has 0 spiro atoms. The second-order valence-electron chi connectivity index (χ2n) is 13.0. The highest BCUT2D eigenvalue weighted by Gasteiger charge is 2.30. The standard InChI is InChI=1S/C43H41BP/c1-33(32-45(2,3)4)43(40-22-20-37(21-23-40)34-14-8-5-9-15-34)44(41-28-24-38(25-29-41)35-16-10-6-11-17-35)42-30-26-39(27-31-42)36-18-12-7-13-19-36/h5-31H,32H2,1-4H3/q+1/b43-33-. The molecule has 0 nitrogen and oxygen atoms in total. The predicted octanol–water partition coefficient (Wildman–Crippen LogP) is 10.2. The fourth-order valence-corrected chi connectivity index (χ4v) is 8.05. The molecule has 0 fully saturated rings. The topological polar surface area (TPSA) is 0 Å². The van der Waals surface area contributed by atoms with E-state index in [0.717, 1.165) is 6.16 Å². The summed E-state index contributed by atoms with van der Waals surface area (Å²) in [5.74, 6) is 0. The van der Waals surface area contributed by atoms with Crippen molar-refractivity contribution in [2.24, 2.45) is 0 Å². The van der Waals surface area contributed by atoms with Crippen molar-refractivity contribution in [2.45, 2.75) is 6.92 Å². The first-order valence-electron chi connectivity index (χ1n) is 15.8. The van der Waals surface area contributed by atoms with Crippen LogP contribution in [0.15, 0.2) is 169 Å². The van der Waals surface area contributed by atoms with E-state index in [0.29, 0.717) is 0 Å². The van der Waals surface area contributed by atoms with Crippen LogP contribution in [0.4, 0.5) is 0 Å². The molecule has 2 heteroatoms. The molecular weight excluding hydrogens is 558 g/mol. The minimum Gasteiger partial charge on any atom is -0.0686 e. The summed E-state index contributed by atoms with van der Waals surface area (Å²) >= 11 is 0. The molecule has 0 aliphatic heterocycles. The highest BCUT2D eigenvalue weighted by Crippen LogP contribution is 2.49. The second-order valence-corrected chi connectivity index (χ2v) is 17.9. The van der Waals surface area contributed by atoms with Gasteiger partial charge >= 0.3 is 0 Å². The molecule has 45 heavy (non-hydrogen) atoms. The number of benzene rings is 6. The van der Waals surface area contributed by atoms with Gasteiger partial charge in [0.25, 0.3) is 0 Å². The maximum Gasteiger partial charge on any atom is 0.242 e. The van der Waals surface area contributed by atoms with Crippen molar-refractivity contribution in [3.05, 3.63) is 175 Å². The van der Waals surface area contributed by atoms with Crippen LogP contribution in [0, 0.1) is 0 Å². The van der Waals surface area contributed by atoms with Gasteiger partial charge in [-0.15, -0.1) is 0 Å². The van der Waals surface area contributed by atoms with E-state index in [4.69, 9.17) is 0 Å². The smallest absolute Gasteiger partial charge is 0.0686 e. The van der Waals surface area contributed by atoms with E-state index in [1.807, 2.05) is 0 Å². The van der Waals surface area contributed by atoms with E-state index in [1.165, 1.54) is 60.9 Å².